The number of hydrogen-bond acceptors (Lipinski definition) is 2. The van der Waals surface area contributed by atoms with Gasteiger partial charge in [0, 0.05) is 24.8 Å². The van der Waals surface area contributed by atoms with E-state index < -0.39 is 0 Å². The molecule has 0 spiro atoms. The summed E-state index contributed by atoms with van der Waals surface area (Å²) in [6, 6.07) is 9.07. The van der Waals surface area contributed by atoms with Crippen LogP contribution < -0.4 is 10.6 Å². The zero-order valence-electron chi connectivity index (χ0n) is 10.2. The van der Waals surface area contributed by atoms with Crippen LogP contribution >= 0.6 is 0 Å². The van der Waals surface area contributed by atoms with Crippen molar-refractivity contribution < 1.29 is 0 Å². The van der Waals surface area contributed by atoms with Crippen LogP contribution in [0.15, 0.2) is 24.3 Å². The van der Waals surface area contributed by atoms with Crippen LogP contribution in [0.1, 0.15) is 31.7 Å². The van der Waals surface area contributed by atoms with Gasteiger partial charge in [-0.3, -0.25) is 0 Å². The van der Waals surface area contributed by atoms with E-state index in [9.17, 15) is 0 Å². The van der Waals surface area contributed by atoms with Gasteiger partial charge < -0.3 is 10.6 Å². The second-order valence-electron chi connectivity index (χ2n) is 4.70. The van der Waals surface area contributed by atoms with Crippen LogP contribution in [-0.4, -0.2) is 19.1 Å². The number of anilines is 1. The van der Waals surface area contributed by atoms with Crippen molar-refractivity contribution in [1.82, 2.24) is 0 Å². The van der Waals surface area contributed by atoms with E-state index in [0.717, 1.165) is 19.5 Å². The Morgan fingerprint density at radius 2 is 2.12 bits per heavy atom. The number of hydrogen-bond donors (Lipinski definition) is 1. The molecule has 1 atom stereocenters. The Labute approximate surface area is 98.4 Å². The fourth-order valence-corrected chi connectivity index (χ4v) is 2.37. The monoisotopic (exact) mass is 218 g/mol. The van der Waals surface area contributed by atoms with Gasteiger partial charge in [-0.1, -0.05) is 25.1 Å². The molecule has 1 heterocycles. The molecule has 88 valence electrons. The molecule has 0 bridgehead atoms. The van der Waals surface area contributed by atoms with Crippen molar-refractivity contribution in [3.8, 4) is 0 Å². The van der Waals surface area contributed by atoms with Crippen molar-refractivity contribution in [2.45, 2.75) is 38.6 Å². The average molecular weight is 218 g/mol. The SMILES string of the molecule is CCC(N)CN1CCCCc2ccccc21. The highest BCUT2D eigenvalue weighted by molar-refractivity contribution is 5.54. The molecule has 1 aromatic rings. The van der Waals surface area contributed by atoms with Gasteiger partial charge in [0.2, 0.25) is 0 Å². The smallest absolute Gasteiger partial charge is 0.0399 e. The van der Waals surface area contributed by atoms with Gasteiger partial charge in [-0.25, -0.2) is 0 Å². The molecule has 2 nitrogen and oxygen atoms in total. The Bertz CT molecular complexity index is 335. The molecule has 0 aliphatic carbocycles. The van der Waals surface area contributed by atoms with Crippen molar-refractivity contribution in [1.29, 1.82) is 0 Å². The summed E-state index contributed by atoms with van der Waals surface area (Å²) in [6.07, 6.45) is 4.85. The Kier molecular flexibility index (Phi) is 3.83. The second-order valence-corrected chi connectivity index (χ2v) is 4.70. The van der Waals surface area contributed by atoms with E-state index >= 15 is 0 Å². The van der Waals surface area contributed by atoms with Crippen molar-refractivity contribution in [3.05, 3.63) is 29.8 Å². The van der Waals surface area contributed by atoms with E-state index in [0.29, 0.717) is 6.04 Å². The number of aryl methyl sites for hydroxylation is 1. The molecule has 0 amide bonds. The third-order valence-corrected chi connectivity index (χ3v) is 3.44. The lowest BCUT2D eigenvalue weighted by Crippen LogP contribution is -2.37. The Morgan fingerprint density at radius 1 is 1.31 bits per heavy atom. The minimum Gasteiger partial charge on any atom is -0.370 e. The molecule has 0 saturated heterocycles. The van der Waals surface area contributed by atoms with Crippen LogP contribution in [0.25, 0.3) is 0 Å². The summed E-state index contributed by atoms with van der Waals surface area (Å²) in [7, 11) is 0. The van der Waals surface area contributed by atoms with Crippen molar-refractivity contribution in [2.24, 2.45) is 5.73 Å². The van der Waals surface area contributed by atoms with Gasteiger partial charge in [0.1, 0.15) is 0 Å². The van der Waals surface area contributed by atoms with E-state index in [-0.39, 0.29) is 0 Å². The molecule has 0 radical (unpaired) electrons. The molecular weight excluding hydrogens is 196 g/mol. The fourth-order valence-electron chi connectivity index (χ4n) is 2.37. The second kappa shape index (κ2) is 5.35. The normalized spacial score (nSPS) is 17.8. The summed E-state index contributed by atoms with van der Waals surface area (Å²) < 4.78 is 0. The topological polar surface area (TPSA) is 29.3 Å². The lowest BCUT2D eigenvalue weighted by atomic mass is 10.1. The van der Waals surface area contributed by atoms with Crippen molar-refractivity contribution in [3.63, 3.8) is 0 Å². The molecule has 0 fully saturated rings. The maximum atomic E-state index is 6.07. The van der Waals surface area contributed by atoms with Gasteiger partial charge in [-0.2, -0.15) is 0 Å². The van der Waals surface area contributed by atoms with Gasteiger partial charge in [0.15, 0.2) is 0 Å². The summed E-state index contributed by atoms with van der Waals surface area (Å²) in [4.78, 5) is 2.47. The first kappa shape index (κ1) is 11.5. The van der Waals surface area contributed by atoms with Crippen LogP contribution in [0.5, 0.6) is 0 Å². The van der Waals surface area contributed by atoms with Crippen LogP contribution in [0.4, 0.5) is 5.69 Å². The number of rotatable bonds is 3. The van der Waals surface area contributed by atoms with Gasteiger partial charge in [0.25, 0.3) is 0 Å². The van der Waals surface area contributed by atoms with Crippen LogP contribution in [0.2, 0.25) is 0 Å². The third-order valence-electron chi connectivity index (χ3n) is 3.44. The molecule has 2 heteroatoms. The molecule has 2 rings (SSSR count). The van der Waals surface area contributed by atoms with Crippen LogP contribution in [0, 0.1) is 0 Å². The van der Waals surface area contributed by atoms with Gasteiger partial charge in [0.05, 0.1) is 0 Å². The van der Waals surface area contributed by atoms with E-state index in [2.05, 4.69) is 36.1 Å². The Hall–Kier alpha value is -1.02. The Balaban J connectivity index is 2.19. The van der Waals surface area contributed by atoms with Gasteiger partial charge >= 0.3 is 0 Å². The largest absolute Gasteiger partial charge is 0.370 e. The molecule has 1 aliphatic heterocycles. The molecule has 0 saturated carbocycles. The molecule has 1 unspecified atom stereocenters. The zero-order chi connectivity index (χ0) is 11.4. The number of para-hydroxylation sites is 1. The molecule has 1 aliphatic rings. The highest BCUT2D eigenvalue weighted by Crippen LogP contribution is 2.25. The predicted octanol–water partition coefficient (Wildman–Crippen LogP) is 2.57. The molecule has 1 aromatic carbocycles. The van der Waals surface area contributed by atoms with Crippen molar-refractivity contribution >= 4 is 5.69 Å². The lowest BCUT2D eigenvalue weighted by Gasteiger charge is -2.27. The summed E-state index contributed by atoms with van der Waals surface area (Å²) in [5, 5.41) is 0. The molecule has 0 aromatic heterocycles. The van der Waals surface area contributed by atoms with Crippen molar-refractivity contribution in [2.75, 3.05) is 18.0 Å². The van der Waals surface area contributed by atoms with Gasteiger partial charge in [-0.15, -0.1) is 0 Å². The van der Waals surface area contributed by atoms with E-state index in [1.165, 1.54) is 30.5 Å². The van der Waals surface area contributed by atoms with E-state index in [1.54, 1.807) is 0 Å². The zero-order valence-corrected chi connectivity index (χ0v) is 10.2. The number of fused-ring (bicyclic) bond motifs is 1. The quantitative estimate of drug-likeness (QED) is 0.845. The van der Waals surface area contributed by atoms with Crippen LogP contribution in [-0.2, 0) is 6.42 Å². The summed E-state index contributed by atoms with van der Waals surface area (Å²) >= 11 is 0. The average Bonchev–Trinajstić information content (AvgIpc) is 2.52. The number of nitrogens with two attached hydrogens (primary N) is 1. The maximum Gasteiger partial charge on any atom is 0.0399 e. The first-order valence-electron chi connectivity index (χ1n) is 6.39. The number of nitrogens with zero attached hydrogens (tertiary/aromatic N) is 1. The van der Waals surface area contributed by atoms with Gasteiger partial charge in [-0.05, 0) is 37.3 Å². The standard InChI is InChI=1S/C14H22N2/c1-2-13(15)11-16-10-6-5-8-12-7-3-4-9-14(12)16/h3-4,7,9,13H,2,5-6,8,10-11,15H2,1H3. The number of benzene rings is 1. The van der Waals surface area contributed by atoms with Crippen LogP contribution in [0.3, 0.4) is 0 Å². The summed E-state index contributed by atoms with van der Waals surface area (Å²) in [5.74, 6) is 0. The first-order valence-corrected chi connectivity index (χ1v) is 6.39. The van der Waals surface area contributed by atoms with E-state index in [4.69, 9.17) is 5.73 Å². The lowest BCUT2D eigenvalue weighted by molar-refractivity contribution is 0.606. The molecule has 2 N–H and O–H groups in total. The fraction of sp³-hybridized carbons (Fsp3) is 0.571. The molecular formula is C14H22N2. The molecule has 16 heavy (non-hydrogen) atoms. The highest BCUT2D eigenvalue weighted by Gasteiger charge is 2.16. The predicted molar refractivity (Wildman–Crippen MR) is 69.9 cm³/mol. The highest BCUT2D eigenvalue weighted by atomic mass is 15.1. The van der Waals surface area contributed by atoms with E-state index in [1.807, 2.05) is 0 Å². The third kappa shape index (κ3) is 2.56. The first-order chi connectivity index (χ1) is 7.81. The summed E-state index contributed by atoms with van der Waals surface area (Å²) in [5.41, 5.74) is 8.97. The maximum absolute atomic E-state index is 6.07. The minimum absolute atomic E-state index is 0.297. The Morgan fingerprint density at radius 3 is 2.94 bits per heavy atom. The summed E-state index contributed by atoms with van der Waals surface area (Å²) in [6.45, 7) is 4.31. The minimum atomic E-state index is 0.297.